The number of aliphatic imine (C=N–C) groups is 1. The van der Waals surface area contributed by atoms with Crippen molar-refractivity contribution in [2.45, 2.75) is 98.8 Å². The van der Waals surface area contributed by atoms with Crippen LogP contribution in [0.5, 0.6) is 0 Å². The molecule has 3 aromatic carbocycles. The van der Waals surface area contributed by atoms with E-state index in [9.17, 15) is 10.5 Å². The number of aryl methyl sites for hydroxylation is 2. The van der Waals surface area contributed by atoms with Gasteiger partial charge in [-0.15, -0.1) is 0 Å². The number of aromatic nitrogens is 3. The first kappa shape index (κ1) is 44.0. The molecule has 2 N–H and O–H groups in total. The number of benzene rings is 3. The van der Waals surface area contributed by atoms with E-state index >= 15 is 0 Å². The average Bonchev–Trinajstić information content (AvgIpc) is 3.72. The fraction of sp³-hybridized carbons (Fsp3) is 0.429. The minimum absolute atomic E-state index is 0.0196. The molecule has 1 aliphatic rings. The third kappa shape index (κ3) is 11.3. The van der Waals surface area contributed by atoms with E-state index in [1.807, 2.05) is 49.1 Å². The molecular weight excluding hydrogens is 767 g/mol. The van der Waals surface area contributed by atoms with E-state index in [1.54, 1.807) is 6.07 Å². The van der Waals surface area contributed by atoms with Crippen molar-refractivity contribution in [3.8, 4) is 23.5 Å². The number of fused-ring (bicyclic) bond motifs is 1. The van der Waals surface area contributed by atoms with Gasteiger partial charge in [-0.3, -0.25) is 0 Å². The molecule has 0 unspecified atom stereocenters. The van der Waals surface area contributed by atoms with E-state index in [2.05, 4.69) is 96.7 Å². The molecule has 4 aromatic rings. The quantitative estimate of drug-likeness (QED) is 0.0342. The molecule has 1 aliphatic heterocycles. The fourth-order valence-corrected chi connectivity index (χ4v) is 7.51. The predicted octanol–water partition coefficient (Wildman–Crippen LogP) is 10.4. The van der Waals surface area contributed by atoms with E-state index in [0.717, 1.165) is 57.9 Å². The first-order valence-corrected chi connectivity index (χ1v) is 20.3. The summed E-state index contributed by atoms with van der Waals surface area (Å²) in [5.74, 6) is 0.891. The van der Waals surface area contributed by atoms with Crippen molar-refractivity contribution in [2.75, 3.05) is 28.9 Å². The number of nitrogens with one attached hydrogen (secondary N) is 2. The number of hydrogen-bond acceptors (Lipinski definition) is 14. The van der Waals surface area contributed by atoms with Crippen LogP contribution >= 0.6 is 24.1 Å². The summed E-state index contributed by atoms with van der Waals surface area (Å²) in [6.07, 6.45) is 2.87. The van der Waals surface area contributed by atoms with Gasteiger partial charge in [0.1, 0.15) is 0 Å². The van der Waals surface area contributed by atoms with Crippen LogP contribution < -0.4 is 15.9 Å². The molecule has 13 nitrogen and oxygen atoms in total. The van der Waals surface area contributed by atoms with Gasteiger partial charge in [0.05, 0.1) is 25.0 Å². The first-order chi connectivity index (χ1) is 27.4. The van der Waals surface area contributed by atoms with E-state index in [4.69, 9.17) is 46.3 Å². The number of nitriles is 2. The molecule has 302 valence electrons. The van der Waals surface area contributed by atoms with Crippen LogP contribution in [0.15, 0.2) is 69.6 Å². The summed E-state index contributed by atoms with van der Waals surface area (Å²) in [7, 11) is 0. The van der Waals surface area contributed by atoms with Crippen molar-refractivity contribution < 1.29 is 14.1 Å². The van der Waals surface area contributed by atoms with Crippen LogP contribution in [0.25, 0.3) is 11.4 Å². The summed E-state index contributed by atoms with van der Waals surface area (Å²) in [5, 5.41) is 28.0. The Bertz CT molecular complexity index is 2260. The summed E-state index contributed by atoms with van der Waals surface area (Å²) in [4.78, 5) is 20.1. The van der Waals surface area contributed by atoms with Gasteiger partial charge in [0.15, 0.2) is 0 Å². The van der Waals surface area contributed by atoms with Crippen molar-refractivity contribution >= 4 is 64.6 Å². The molecule has 2 heterocycles. The van der Waals surface area contributed by atoms with Crippen LogP contribution in [0.4, 0.5) is 22.7 Å². The van der Waals surface area contributed by atoms with Crippen LogP contribution in [0.1, 0.15) is 97.2 Å². The van der Waals surface area contributed by atoms with Crippen molar-refractivity contribution in [3.05, 3.63) is 77.1 Å². The normalized spacial score (nSPS) is 13.3. The SMILES string of the molecule is Cc1cc(N(CCC#N)CCC#N)ccc1N=C1C(C(C)(C)C)=Nn2nc(-c3cc(NOB=S)cc(NOOSc4cc(C(C)(C)CC(C)(C)C)ccc4C)c3)nc21. The molecule has 0 aliphatic carbocycles. The summed E-state index contributed by atoms with van der Waals surface area (Å²) in [5.41, 5.74) is 13.5. The Balaban J connectivity index is 1.40. The number of anilines is 3. The summed E-state index contributed by atoms with van der Waals surface area (Å²) >= 11 is 6.01. The molecule has 0 radical (unpaired) electrons. The van der Waals surface area contributed by atoms with Gasteiger partial charge < -0.3 is 4.90 Å². The second-order valence-electron chi connectivity index (χ2n) is 17.1. The van der Waals surface area contributed by atoms with Gasteiger partial charge in [-0.1, -0.05) is 40.7 Å². The summed E-state index contributed by atoms with van der Waals surface area (Å²) in [6, 6.07) is 22.2. The Kier molecular flexibility index (Phi) is 14.1. The molecule has 0 atom stereocenters. The van der Waals surface area contributed by atoms with E-state index in [1.165, 1.54) is 10.4 Å². The molecule has 16 heteroatoms. The fourth-order valence-electron chi connectivity index (χ4n) is 6.95. The van der Waals surface area contributed by atoms with Gasteiger partial charge in [0, 0.05) is 18.8 Å². The van der Waals surface area contributed by atoms with Gasteiger partial charge in [-0.25, -0.2) is 0 Å². The standard InChI is InChI=1S/C42H51BN10O3S2/c1-27-13-14-30(42(9,10)26-40(3,4)5)24-35(27)58-56-55-51-32-23-29(22-31(25-32)50-54-43-57)38-47-39-36(37(41(6,7)8)48-53(39)49-38)46-34-16-15-33(21-28(34)2)52(19-11-17-44)20-12-18-45/h13-16,21-25,50-51H,11-12,19-20,26H2,1-10H3. The Morgan fingerprint density at radius 1 is 0.897 bits per heavy atom. The number of rotatable bonds is 17. The molecule has 0 fully saturated rings. The zero-order valence-electron chi connectivity index (χ0n) is 34.9. The van der Waals surface area contributed by atoms with Crippen molar-refractivity contribution in [1.29, 1.82) is 10.5 Å². The Labute approximate surface area is 352 Å². The Hall–Kier alpha value is -5.13. The Morgan fingerprint density at radius 2 is 1.59 bits per heavy atom. The number of nitrogens with zero attached hydrogens (tertiary/aromatic N) is 8. The monoisotopic (exact) mass is 818 g/mol. The molecular formula is C42H51BN10O3S2. The van der Waals surface area contributed by atoms with Crippen LogP contribution in [0.3, 0.4) is 0 Å². The van der Waals surface area contributed by atoms with Gasteiger partial charge in [-0.2, -0.15) is 10.5 Å². The Morgan fingerprint density at radius 3 is 2.21 bits per heavy atom. The molecule has 58 heavy (non-hydrogen) atoms. The molecule has 5 rings (SSSR count). The van der Waals surface area contributed by atoms with Crippen LogP contribution in [-0.4, -0.2) is 45.7 Å². The van der Waals surface area contributed by atoms with Gasteiger partial charge >= 0.3 is 217 Å². The molecule has 0 amide bonds. The maximum absolute atomic E-state index is 9.18. The van der Waals surface area contributed by atoms with Gasteiger partial charge in [0.2, 0.25) is 0 Å². The second-order valence-corrected chi connectivity index (χ2v) is 18.1. The van der Waals surface area contributed by atoms with E-state index in [-0.39, 0.29) is 16.2 Å². The van der Waals surface area contributed by atoms with E-state index in [0.29, 0.717) is 60.2 Å². The molecule has 0 saturated carbocycles. The second kappa shape index (κ2) is 18.6. The van der Waals surface area contributed by atoms with Crippen molar-refractivity contribution in [1.82, 2.24) is 14.9 Å². The van der Waals surface area contributed by atoms with Crippen molar-refractivity contribution in [2.24, 2.45) is 20.9 Å². The summed E-state index contributed by atoms with van der Waals surface area (Å²) in [6.45, 7) is 22.6. The van der Waals surface area contributed by atoms with Gasteiger partial charge in [0.25, 0.3) is 0 Å². The number of hydrogen-bond donors (Lipinski definition) is 2. The summed E-state index contributed by atoms with van der Waals surface area (Å²) < 4.78 is 10.8. The van der Waals surface area contributed by atoms with Gasteiger partial charge in [-0.05, 0) is 36.3 Å². The third-order valence-electron chi connectivity index (χ3n) is 9.37. The van der Waals surface area contributed by atoms with Crippen molar-refractivity contribution in [3.63, 3.8) is 0 Å². The first-order valence-electron chi connectivity index (χ1n) is 19.1. The minimum atomic E-state index is -0.364. The molecule has 0 spiro atoms. The third-order valence-corrected chi connectivity index (χ3v) is 10.2. The maximum atomic E-state index is 9.18. The zero-order valence-corrected chi connectivity index (χ0v) is 36.6. The molecule has 0 bridgehead atoms. The average molecular weight is 819 g/mol. The van der Waals surface area contributed by atoms with Crippen LogP contribution in [0.2, 0.25) is 0 Å². The topological polar surface area (TPSA) is 158 Å². The predicted molar refractivity (Wildman–Crippen MR) is 236 cm³/mol. The van der Waals surface area contributed by atoms with Crippen LogP contribution in [-0.2, 0) is 19.5 Å². The molecule has 1 aromatic heterocycles. The van der Waals surface area contributed by atoms with E-state index < -0.39 is 0 Å². The van der Waals surface area contributed by atoms with Crippen LogP contribution in [0, 0.1) is 47.3 Å². The zero-order chi connectivity index (χ0) is 42.3. The molecule has 0 saturated heterocycles.